The first-order valence-corrected chi connectivity index (χ1v) is 15.2. The molecule has 0 saturated heterocycles. The van der Waals surface area contributed by atoms with E-state index >= 15 is 0 Å². The van der Waals surface area contributed by atoms with Crippen LogP contribution in [0.2, 0.25) is 0 Å². The number of sulfonamides is 1. The van der Waals surface area contributed by atoms with Gasteiger partial charge in [-0.1, -0.05) is 61.9 Å². The molecule has 0 aliphatic rings. The SMILES string of the molecule is CCCNC(=O)C(CC)N(Cc1ccccc1C)C(=O)CN(c1cc(C)cc(C)c1)S(=O)(=O)c1ccc(C)cc1. The summed E-state index contributed by atoms with van der Waals surface area (Å²) in [6.07, 6.45) is 1.16. The van der Waals surface area contributed by atoms with Gasteiger partial charge in [0.05, 0.1) is 10.6 Å². The molecule has 0 spiro atoms. The molecule has 0 aliphatic heterocycles. The minimum atomic E-state index is -4.10. The Balaban J connectivity index is 2.10. The highest BCUT2D eigenvalue weighted by atomic mass is 32.2. The lowest BCUT2D eigenvalue weighted by Crippen LogP contribution is -2.52. The van der Waals surface area contributed by atoms with Gasteiger partial charge >= 0.3 is 0 Å². The van der Waals surface area contributed by atoms with Gasteiger partial charge in [0.2, 0.25) is 11.8 Å². The number of anilines is 1. The molecule has 0 heterocycles. The van der Waals surface area contributed by atoms with Crippen molar-refractivity contribution < 1.29 is 18.0 Å². The molecule has 1 atom stereocenters. The van der Waals surface area contributed by atoms with E-state index in [0.29, 0.717) is 18.7 Å². The van der Waals surface area contributed by atoms with Crippen molar-refractivity contribution in [1.82, 2.24) is 10.2 Å². The largest absolute Gasteiger partial charge is 0.354 e. The first kappa shape index (κ1) is 30.9. The number of carbonyl (C=O) groups is 2. The molecule has 0 aromatic heterocycles. The Morgan fingerprint density at radius 1 is 0.850 bits per heavy atom. The smallest absolute Gasteiger partial charge is 0.264 e. The van der Waals surface area contributed by atoms with Crippen molar-refractivity contribution >= 4 is 27.5 Å². The second kappa shape index (κ2) is 13.6. The van der Waals surface area contributed by atoms with E-state index in [4.69, 9.17) is 0 Å². The summed E-state index contributed by atoms with van der Waals surface area (Å²) < 4.78 is 29.2. The number of nitrogens with one attached hydrogen (secondary N) is 1. The molecule has 8 heteroatoms. The van der Waals surface area contributed by atoms with Crippen LogP contribution in [-0.4, -0.2) is 44.3 Å². The second-order valence-electron chi connectivity index (χ2n) is 10.3. The lowest BCUT2D eigenvalue weighted by molar-refractivity contribution is -0.140. The van der Waals surface area contributed by atoms with Crippen LogP contribution in [0.4, 0.5) is 5.69 Å². The van der Waals surface area contributed by atoms with Crippen molar-refractivity contribution in [3.63, 3.8) is 0 Å². The molecule has 2 amide bonds. The van der Waals surface area contributed by atoms with E-state index in [-0.39, 0.29) is 17.3 Å². The number of benzene rings is 3. The Morgan fingerprint density at radius 2 is 1.48 bits per heavy atom. The Kier molecular flexibility index (Phi) is 10.5. The molecular weight excluding hydrogens is 522 g/mol. The van der Waals surface area contributed by atoms with Crippen LogP contribution >= 0.6 is 0 Å². The van der Waals surface area contributed by atoms with Gasteiger partial charge in [0.15, 0.2) is 0 Å². The Bertz CT molecular complexity index is 1410. The fourth-order valence-electron chi connectivity index (χ4n) is 4.72. The van der Waals surface area contributed by atoms with Crippen LogP contribution in [0.1, 0.15) is 54.5 Å². The number of amides is 2. The number of rotatable bonds is 12. The number of hydrogen-bond acceptors (Lipinski definition) is 4. The predicted octanol–water partition coefficient (Wildman–Crippen LogP) is 5.45. The Hall–Kier alpha value is -3.65. The molecule has 0 aliphatic carbocycles. The zero-order chi connectivity index (χ0) is 29.4. The summed E-state index contributed by atoms with van der Waals surface area (Å²) in [5, 5.41) is 2.92. The molecule has 40 heavy (non-hydrogen) atoms. The normalized spacial score (nSPS) is 12.1. The first-order valence-electron chi connectivity index (χ1n) is 13.8. The topological polar surface area (TPSA) is 86.8 Å². The van der Waals surface area contributed by atoms with Crippen LogP contribution in [-0.2, 0) is 26.2 Å². The molecule has 7 nitrogen and oxygen atoms in total. The van der Waals surface area contributed by atoms with Gasteiger partial charge in [0.1, 0.15) is 12.6 Å². The molecule has 3 aromatic rings. The second-order valence-corrected chi connectivity index (χ2v) is 12.2. The van der Waals surface area contributed by atoms with Crippen molar-refractivity contribution in [2.45, 2.75) is 71.9 Å². The summed E-state index contributed by atoms with van der Waals surface area (Å²) in [6, 6.07) is 19.0. The summed E-state index contributed by atoms with van der Waals surface area (Å²) in [4.78, 5) is 29.0. The molecular formula is C32H41N3O4S. The van der Waals surface area contributed by atoms with Gasteiger partial charge in [0, 0.05) is 13.1 Å². The fourth-order valence-corrected chi connectivity index (χ4v) is 6.12. The lowest BCUT2D eigenvalue weighted by atomic mass is 10.1. The third-order valence-electron chi connectivity index (χ3n) is 6.92. The van der Waals surface area contributed by atoms with Crippen molar-refractivity contribution in [1.29, 1.82) is 0 Å². The van der Waals surface area contributed by atoms with Crippen molar-refractivity contribution in [3.8, 4) is 0 Å². The average molecular weight is 564 g/mol. The molecule has 0 saturated carbocycles. The van der Waals surface area contributed by atoms with Crippen LogP contribution in [0.15, 0.2) is 71.6 Å². The fraction of sp³-hybridized carbons (Fsp3) is 0.375. The number of aryl methyl sites for hydroxylation is 4. The summed E-state index contributed by atoms with van der Waals surface area (Å²) in [6.45, 7) is 11.7. The zero-order valence-corrected chi connectivity index (χ0v) is 25.2. The lowest BCUT2D eigenvalue weighted by Gasteiger charge is -2.33. The van der Waals surface area contributed by atoms with Gasteiger partial charge in [-0.3, -0.25) is 13.9 Å². The quantitative estimate of drug-likeness (QED) is 0.318. The predicted molar refractivity (Wildman–Crippen MR) is 161 cm³/mol. The highest BCUT2D eigenvalue weighted by Crippen LogP contribution is 2.27. The van der Waals surface area contributed by atoms with Crippen LogP contribution < -0.4 is 9.62 Å². The maximum atomic E-state index is 14.2. The van der Waals surface area contributed by atoms with Crippen LogP contribution in [0.3, 0.4) is 0 Å². The molecule has 3 rings (SSSR count). The van der Waals surface area contributed by atoms with E-state index in [2.05, 4.69) is 5.32 Å². The molecule has 0 fully saturated rings. The van der Waals surface area contributed by atoms with Gasteiger partial charge in [0.25, 0.3) is 10.0 Å². The summed E-state index contributed by atoms with van der Waals surface area (Å²) >= 11 is 0. The van der Waals surface area contributed by atoms with Gasteiger partial charge in [-0.2, -0.15) is 0 Å². The highest BCUT2D eigenvalue weighted by molar-refractivity contribution is 7.92. The minimum Gasteiger partial charge on any atom is -0.354 e. The Morgan fingerprint density at radius 3 is 2.05 bits per heavy atom. The van der Waals surface area contributed by atoms with Crippen molar-refractivity contribution in [2.75, 3.05) is 17.4 Å². The summed E-state index contributed by atoms with van der Waals surface area (Å²) in [5.74, 6) is -0.692. The summed E-state index contributed by atoms with van der Waals surface area (Å²) in [7, 11) is -4.10. The number of carbonyl (C=O) groups excluding carboxylic acids is 2. The van der Waals surface area contributed by atoms with E-state index in [0.717, 1.165) is 34.2 Å². The number of hydrogen-bond donors (Lipinski definition) is 1. The van der Waals surface area contributed by atoms with Gasteiger partial charge in [-0.15, -0.1) is 0 Å². The van der Waals surface area contributed by atoms with E-state index in [1.54, 1.807) is 36.4 Å². The maximum Gasteiger partial charge on any atom is 0.264 e. The highest BCUT2D eigenvalue weighted by Gasteiger charge is 2.34. The van der Waals surface area contributed by atoms with Crippen LogP contribution in [0, 0.1) is 27.7 Å². The molecule has 214 valence electrons. The monoisotopic (exact) mass is 563 g/mol. The third-order valence-corrected chi connectivity index (χ3v) is 8.71. The number of nitrogens with zero attached hydrogens (tertiary/aromatic N) is 2. The van der Waals surface area contributed by atoms with E-state index in [9.17, 15) is 18.0 Å². The van der Waals surface area contributed by atoms with Gasteiger partial charge in [-0.05, 0) is 87.1 Å². The summed E-state index contributed by atoms with van der Waals surface area (Å²) in [5.41, 5.74) is 4.99. The molecule has 1 N–H and O–H groups in total. The third kappa shape index (κ3) is 7.50. The van der Waals surface area contributed by atoms with Gasteiger partial charge < -0.3 is 10.2 Å². The van der Waals surface area contributed by atoms with Crippen molar-refractivity contribution in [3.05, 3.63) is 94.5 Å². The Labute approximate surface area is 239 Å². The van der Waals surface area contributed by atoms with Crippen molar-refractivity contribution in [2.24, 2.45) is 0 Å². The average Bonchev–Trinajstić information content (AvgIpc) is 2.90. The molecule has 3 aromatic carbocycles. The van der Waals surface area contributed by atoms with E-state index < -0.39 is 28.5 Å². The minimum absolute atomic E-state index is 0.100. The van der Waals surface area contributed by atoms with Crippen LogP contribution in [0.5, 0.6) is 0 Å². The van der Waals surface area contributed by atoms with E-state index in [1.165, 1.54) is 9.21 Å². The molecule has 0 radical (unpaired) electrons. The maximum absolute atomic E-state index is 14.2. The van der Waals surface area contributed by atoms with E-state index in [1.807, 2.05) is 71.9 Å². The molecule has 0 bridgehead atoms. The van der Waals surface area contributed by atoms with Gasteiger partial charge in [-0.25, -0.2) is 8.42 Å². The van der Waals surface area contributed by atoms with Crippen LogP contribution in [0.25, 0.3) is 0 Å². The first-order chi connectivity index (χ1) is 19.0. The standard InChI is InChI=1S/C32H41N3O4S/c1-7-17-33-32(37)30(8-2)34(21-27-12-10-9-11-26(27)6)31(36)22-35(28-19-24(4)18-25(5)20-28)40(38,39)29-15-13-23(3)14-16-29/h9-16,18-20,30H,7-8,17,21-22H2,1-6H3,(H,33,37). The molecule has 1 unspecified atom stereocenters. The zero-order valence-electron chi connectivity index (χ0n) is 24.4.